The highest BCUT2D eigenvalue weighted by atomic mass is 79.9. The summed E-state index contributed by atoms with van der Waals surface area (Å²) in [7, 11) is -2.33. The van der Waals surface area contributed by atoms with E-state index in [1.807, 2.05) is 0 Å². The van der Waals surface area contributed by atoms with Gasteiger partial charge in [0.15, 0.2) is 4.60 Å². The number of hydrogen-bond acceptors (Lipinski definition) is 6. The fourth-order valence-corrected chi connectivity index (χ4v) is 3.37. The monoisotopic (exact) mass is 332 g/mol. The molecule has 0 amide bonds. The summed E-state index contributed by atoms with van der Waals surface area (Å²) in [5, 5.41) is 7.12. The molecule has 2 rings (SSSR count). The third-order valence-corrected chi connectivity index (χ3v) is 4.26. The molecule has 0 aromatic carbocycles. The molecule has 0 aliphatic heterocycles. The second-order valence-electron chi connectivity index (χ2n) is 3.39. The van der Waals surface area contributed by atoms with Crippen LogP contribution in [0.4, 0.5) is 11.5 Å². The maximum Gasteiger partial charge on any atom is 0.283 e. The number of halogens is 1. The van der Waals surface area contributed by atoms with Crippen molar-refractivity contribution in [2.24, 2.45) is 7.05 Å². The first kappa shape index (κ1) is 12.8. The minimum atomic E-state index is -3.81. The van der Waals surface area contributed by atoms with Gasteiger partial charge in [-0.15, -0.1) is 5.10 Å². The molecule has 8 nitrogen and oxygen atoms in total. The molecule has 0 saturated heterocycles. The molecular weight excluding hydrogens is 324 g/mol. The Morgan fingerprint density at radius 3 is 2.67 bits per heavy atom. The molecule has 3 N–H and O–H groups in total. The van der Waals surface area contributed by atoms with Crippen LogP contribution in [0.2, 0.25) is 0 Å². The lowest BCUT2D eigenvalue weighted by Gasteiger charge is -2.07. The normalized spacial score (nSPS) is 11.4. The van der Waals surface area contributed by atoms with Gasteiger partial charge in [0, 0.05) is 7.05 Å². The van der Waals surface area contributed by atoms with Gasteiger partial charge in [-0.05, 0) is 28.1 Å². The van der Waals surface area contributed by atoms with Gasteiger partial charge in [-0.25, -0.2) is 9.67 Å². The van der Waals surface area contributed by atoms with E-state index in [1.165, 1.54) is 19.3 Å². The fourth-order valence-electron chi connectivity index (χ4n) is 1.26. The van der Waals surface area contributed by atoms with Gasteiger partial charge in [0.05, 0.1) is 11.9 Å². The maximum absolute atomic E-state index is 12.1. The van der Waals surface area contributed by atoms with E-state index in [9.17, 15) is 8.42 Å². The first-order valence-corrected chi connectivity index (χ1v) is 6.97. The summed E-state index contributed by atoms with van der Waals surface area (Å²) in [5.74, 6) is 0.164. The molecule has 10 heteroatoms. The van der Waals surface area contributed by atoms with Gasteiger partial charge in [-0.3, -0.25) is 4.72 Å². The van der Waals surface area contributed by atoms with Crippen LogP contribution in [0.25, 0.3) is 0 Å². The molecule has 0 bridgehead atoms. The minimum Gasteiger partial charge on any atom is -0.397 e. The van der Waals surface area contributed by atoms with Crippen LogP contribution in [0.1, 0.15) is 0 Å². The predicted molar refractivity (Wildman–Crippen MR) is 68.2 cm³/mol. The summed E-state index contributed by atoms with van der Waals surface area (Å²) >= 11 is 3.02. The van der Waals surface area contributed by atoms with Crippen LogP contribution in [0.3, 0.4) is 0 Å². The lowest BCUT2D eigenvalue weighted by molar-refractivity contribution is 0.578. The van der Waals surface area contributed by atoms with E-state index in [1.54, 1.807) is 6.07 Å². The molecule has 0 saturated carbocycles. The maximum atomic E-state index is 12.1. The third-order valence-electron chi connectivity index (χ3n) is 2.02. The zero-order chi connectivity index (χ0) is 13.3. The van der Waals surface area contributed by atoms with Gasteiger partial charge in [-0.2, -0.15) is 8.42 Å². The highest BCUT2D eigenvalue weighted by Gasteiger charge is 2.24. The van der Waals surface area contributed by atoms with Gasteiger partial charge in [0.2, 0.25) is 5.03 Å². The number of aryl methyl sites for hydroxylation is 1. The second kappa shape index (κ2) is 4.53. The number of nitrogens with one attached hydrogen (secondary N) is 1. The molecule has 0 unspecified atom stereocenters. The number of hydrogen-bond donors (Lipinski definition) is 2. The Balaban J connectivity index is 2.36. The van der Waals surface area contributed by atoms with Gasteiger partial charge < -0.3 is 5.73 Å². The molecule has 2 aromatic heterocycles. The van der Waals surface area contributed by atoms with Crippen molar-refractivity contribution in [3.8, 4) is 0 Å². The lowest BCUT2D eigenvalue weighted by Crippen LogP contribution is -2.17. The third kappa shape index (κ3) is 2.43. The number of pyridine rings is 1. The summed E-state index contributed by atoms with van der Waals surface area (Å²) in [5.41, 5.74) is 5.91. The Bertz CT molecular complexity index is 646. The summed E-state index contributed by atoms with van der Waals surface area (Å²) in [4.78, 5) is 3.85. The van der Waals surface area contributed by atoms with Crippen LogP contribution >= 0.6 is 15.9 Å². The average molecular weight is 333 g/mol. The minimum absolute atomic E-state index is 0.0823. The Morgan fingerprint density at radius 2 is 2.17 bits per heavy atom. The molecule has 0 aliphatic carbocycles. The number of nitrogen functional groups attached to an aromatic ring is 1. The van der Waals surface area contributed by atoms with Gasteiger partial charge in [-0.1, -0.05) is 5.21 Å². The SMILES string of the molecule is Cn1nnc(Br)c1S(=O)(=O)Nc1ccc(N)cn1. The highest BCUT2D eigenvalue weighted by Crippen LogP contribution is 2.20. The van der Waals surface area contributed by atoms with E-state index in [0.717, 1.165) is 4.68 Å². The standard InChI is InChI=1S/C8H9BrN6O2S/c1-15-8(7(9)12-14-15)18(16,17)13-6-3-2-5(10)4-11-6/h2-4H,10H2,1H3,(H,11,13). The molecule has 0 atom stereocenters. The van der Waals surface area contributed by atoms with Crippen molar-refractivity contribution in [2.45, 2.75) is 5.03 Å². The number of aromatic nitrogens is 4. The summed E-state index contributed by atoms with van der Waals surface area (Å²) in [6, 6.07) is 3.01. The Labute approximate surface area is 111 Å². The van der Waals surface area contributed by atoms with Crippen LogP contribution < -0.4 is 10.5 Å². The molecule has 18 heavy (non-hydrogen) atoms. The van der Waals surface area contributed by atoms with Crippen molar-refractivity contribution >= 4 is 37.5 Å². The first-order chi connectivity index (χ1) is 8.40. The second-order valence-corrected chi connectivity index (χ2v) is 5.74. The van der Waals surface area contributed by atoms with E-state index in [-0.39, 0.29) is 15.4 Å². The number of anilines is 2. The van der Waals surface area contributed by atoms with Gasteiger partial charge in [0.25, 0.3) is 10.0 Å². The smallest absolute Gasteiger partial charge is 0.283 e. The van der Waals surface area contributed by atoms with Crippen LogP contribution in [-0.4, -0.2) is 28.4 Å². The first-order valence-electron chi connectivity index (χ1n) is 4.69. The van der Waals surface area contributed by atoms with Crippen molar-refractivity contribution < 1.29 is 8.42 Å². The van der Waals surface area contributed by atoms with Crippen LogP contribution in [0.5, 0.6) is 0 Å². The van der Waals surface area contributed by atoms with E-state index < -0.39 is 10.0 Å². The Kier molecular flexibility index (Phi) is 3.22. The Morgan fingerprint density at radius 1 is 1.44 bits per heavy atom. The summed E-state index contributed by atoms with van der Waals surface area (Å²) < 4.78 is 27.7. The summed E-state index contributed by atoms with van der Waals surface area (Å²) in [6.07, 6.45) is 1.36. The highest BCUT2D eigenvalue weighted by molar-refractivity contribution is 9.10. The molecule has 2 heterocycles. The van der Waals surface area contributed by atoms with Crippen molar-refractivity contribution in [3.63, 3.8) is 0 Å². The molecular formula is C8H9BrN6O2S. The number of sulfonamides is 1. The number of rotatable bonds is 3. The van der Waals surface area contributed by atoms with Gasteiger partial charge >= 0.3 is 0 Å². The zero-order valence-electron chi connectivity index (χ0n) is 9.20. The fraction of sp³-hybridized carbons (Fsp3) is 0.125. The largest absolute Gasteiger partial charge is 0.397 e. The molecule has 2 aromatic rings. The lowest BCUT2D eigenvalue weighted by atomic mass is 10.4. The molecule has 0 radical (unpaired) electrons. The van der Waals surface area contributed by atoms with Crippen LogP contribution in [-0.2, 0) is 17.1 Å². The molecule has 0 aliphatic rings. The Hall–Kier alpha value is -1.68. The van der Waals surface area contributed by atoms with Crippen molar-refractivity contribution in [2.75, 3.05) is 10.5 Å². The number of nitrogens with two attached hydrogens (primary N) is 1. The quantitative estimate of drug-likeness (QED) is 0.838. The predicted octanol–water partition coefficient (Wildman–Crippen LogP) is 0.356. The summed E-state index contributed by atoms with van der Waals surface area (Å²) in [6.45, 7) is 0. The van der Waals surface area contributed by atoms with E-state index in [4.69, 9.17) is 5.73 Å². The molecule has 0 fully saturated rings. The van der Waals surface area contributed by atoms with Crippen molar-refractivity contribution in [3.05, 3.63) is 22.9 Å². The van der Waals surface area contributed by atoms with E-state index >= 15 is 0 Å². The van der Waals surface area contributed by atoms with Crippen molar-refractivity contribution in [1.29, 1.82) is 0 Å². The van der Waals surface area contributed by atoms with E-state index in [2.05, 4.69) is 35.9 Å². The molecule has 0 spiro atoms. The van der Waals surface area contributed by atoms with Gasteiger partial charge in [0.1, 0.15) is 5.82 Å². The zero-order valence-corrected chi connectivity index (χ0v) is 11.6. The van der Waals surface area contributed by atoms with Crippen molar-refractivity contribution in [1.82, 2.24) is 20.0 Å². The van der Waals surface area contributed by atoms with Crippen LogP contribution in [0.15, 0.2) is 28.0 Å². The molecule has 96 valence electrons. The topological polar surface area (TPSA) is 116 Å². The number of nitrogens with zero attached hydrogens (tertiary/aromatic N) is 4. The van der Waals surface area contributed by atoms with Crippen LogP contribution in [0, 0.1) is 0 Å². The van der Waals surface area contributed by atoms with E-state index in [0.29, 0.717) is 5.69 Å². The average Bonchev–Trinajstić information content (AvgIpc) is 2.62.